The molecule has 2 unspecified atom stereocenters. The van der Waals surface area contributed by atoms with E-state index < -0.39 is 0 Å². The molecule has 0 amide bonds. The predicted molar refractivity (Wildman–Crippen MR) is 71.7 cm³/mol. The van der Waals surface area contributed by atoms with Crippen molar-refractivity contribution in [3.05, 3.63) is 12.7 Å². The summed E-state index contributed by atoms with van der Waals surface area (Å²) in [7, 11) is 0. The lowest BCUT2D eigenvalue weighted by Gasteiger charge is -2.44. The molecule has 2 atom stereocenters. The van der Waals surface area contributed by atoms with Gasteiger partial charge in [0.25, 0.3) is 0 Å². The Morgan fingerprint density at radius 1 is 1.31 bits per heavy atom. The largest absolute Gasteiger partial charge is 0.316 e. The van der Waals surface area contributed by atoms with Crippen LogP contribution in [0.3, 0.4) is 0 Å². The second-order valence-electron chi connectivity index (χ2n) is 4.89. The molecule has 1 aliphatic rings. The number of nitrogens with zero attached hydrogens (tertiary/aromatic N) is 1. The van der Waals surface area contributed by atoms with Gasteiger partial charge in [0.05, 0.1) is 0 Å². The standard InChI is InChI=1S/C14H28N2/c1-4-9-15-12-13-7-8-14(13)16(10-5-2)11-6-3/h5,13-15H,2,4,6-12H2,1,3H3. The minimum atomic E-state index is 0.808. The van der Waals surface area contributed by atoms with Crippen LogP contribution in [0, 0.1) is 5.92 Å². The first-order valence-corrected chi connectivity index (χ1v) is 6.89. The van der Waals surface area contributed by atoms with E-state index in [4.69, 9.17) is 0 Å². The van der Waals surface area contributed by atoms with Gasteiger partial charge in [0.15, 0.2) is 0 Å². The van der Waals surface area contributed by atoms with E-state index in [1.165, 1.54) is 45.3 Å². The fraction of sp³-hybridized carbons (Fsp3) is 0.857. The van der Waals surface area contributed by atoms with Gasteiger partial charge >= 0.3 is 0 Å². The quantitative estimate of drug-likeness (QED) is 0.478. The summed E-state index contributed by atoms with van der Waals surface area (Å²) in [5, 5.41) is 3.55. The molecule has 0 aliphatic heterocycles. The fourth-order valence-corrected chi connectivity index (χ4v) is 2.58. The van der Waals surface area contributed by atoms with Gasteiger partial charge in [-0.25, -0.2) is 0 Å². The van der Waals surface area contributed by atoms with Crippen molar-refractivity contribution in [3.63, 3.8) is 0 Å². The molecule has 0 aromatic heterocycles. The highest BCUT2D eigenvalue weighted by molar-refractivity contribution is 4.92. The molecule has 94 valence electrons. The van der Waals surface area contributed by atoms with Crippen LogP contribution in [0.25, 0.3) is 0 Å². The molecule has 16 heavy (non-hydrogen) atoms. The first kappa shape index (κ1) is 13.7. The van der Waals surface area contributed by atoms with Gasteiger partial charge < -0.3 is 5.32 Å². The molecule has 1 rings (SSSR count). The van der Waals surface area contributed by atoms with Gasteiger partial charge in [-0.15, -0.1) is 6.58 Å². The minimum Gasteiger partial charge on any atom is -0.316 e. The highest BCUT2D eigenvalue weighted by atomic mass is 15.2. The lowest BCUT2D eigenvalue weighted by Crippen LogP contribution is -2.50. The molecule has 0 heterocycles. The van der Waals surface area contributed by atoms with Crippen LogP contribution in [0.5, 0.6) is 0 Å². The van der Waals surface area contributed by atoms with E-state index in [0.717, 1.165) is 18.5 Å². The maximum Gasteiger partial charge on any atom is 0.0163 e. The highest BCUT2D eigenvalue weighted by Crippen LogP contribution is 2.31. The van der Waals surface area contributed by atoms with Crippen LogP contribution in [0.2, 0.25) is 0 Å². The van der Waals surface area contributed by atoms with Crippen LogP contribution in [0.15, 0.2) is 12.7 Å². The molecule has 2 heteroatoms. The Hall–Kier alpha value is -0.340. The first-order valence-electron chi connectivity index (χ1n) is 6.89. The topological polar surface area (TPSA) is 15.3 Å². The zero-order valence-corrected chi connectivity index (χ0v) is 11.0. The molecule has 0 bridgehead atoms. The van der Waals surface area contributed by atoms with E-state index in [9.17, 15) is 0 Å². The molecule has 0 aromatic carbocycles. The Bertz CT molecular complexity index is 191. The van der Waals surface area contributed by atoms with Crippen LogP contribution in [-0.2, 0) is 0 Å². The van der Waals surface area contributed by atoms with Crippen LogP contribution in [-0.4, -0.2) is 37.1 Å². The van der Waals surface area contributed by atoms with Gasteiger partial charge in [0.1, 0.15) is 0 Å². The molecular weight excluding hydrogens is 196 g/mol. The molecule has 0 radical (unpaired) electrons. The molecule has 2 nitrogen and oxygen atoms in total. The van der Waals surface area contributed by atoms with Crippen molar-refractivity contribution < 1.29 is 0 Å². The van der Waals surface area contributed by atoms with Crippen LogP contribution < -0.4 is 5.32 Å². The van der Waals surface area contributed by atoms with Crippen molar-refractivity contribution in [2.45, 2.75) is 45.6 Å². The fourth-order valence-electron chi connectivity index (χ4n) is 2.58. The van der Waals surface area contributed by atoms with Crippen molar-refractivity contribution >= 4 is 0 Å². The molecule has 1 N–H and O–H groups in total. The van der Waals surface area contributed by atoms with E-state index in [-0.39, 0.29) is 0 Å². The van der Waals surface area contributed by atoms with Crippen molar-refractivity contribution in [2.75, 3.05) is 26.2 Å². The Kier molecular flexibility index (Phi) is 6.74. The van der Waals surface area contributed by atoms with Gasteiger partial charge in [-0.3, -0.25) is 4.90 Å². The lowest BCUT2D eigenvalue weighted by atomic mass is 9.78. The summed E-state index contributed by atoms with van der Waals surface area (Å²) in [5.74, 6) is 0.873. The predicted octanol–water partition coefficient (Wildman–Crippen LogP) is 2.66. The van der Waals surface area contributed by atoms with E-state index in [1.54, 1.807) is 0 Å². The average Bonchev–Trinajstić information content (AvgIpc) is 2.23. The van der Waals surface area contributed by atoms with Crippen molar-refractivity contribution in [1.82, 2.24) is 10.2 Å². The second kappa shape index (κ2) is 7.86. The zero-order valence-electron chi connectivity index (χ0n) is 11.0. The number of hydrogen-bond acceptors (Lipinski definition) is 2. The lowest BCUT2D eigenvalue weighted by molar-refractivity contribution is 0.0715. The molecule has 0 saturated heterocycles. The van der Waals surface area contributed by atoms with E-state index in [2.05, 4.69) is 30.6 Å². The Labute approximate surface area is 101 Å². The van der Waals surface area contributed by atoms with Crippen LogP contribution in [0.1, 0.15) is 39.5 Å². The van der Waals surface area contributed by atoms with E-state index in [0.29, 0.717) is 0 Å². The minimum absolute atomic E-state index is 0.808. The van der Waals surface area contributed by atoms with E-state index in [1.807, 2.05) is 6.08 Å². The van der Waals surface area contributed by atoms with Crippen molar-refractivity contribution in [1.29, 1.82) is 0 Å². The summed E-state index contributed by atoms with van der Waals surface area (Å²) in [6, 6.07) is 0.808. The Morgan fingerprint density at radius 3 is 2.62 bits per heavy atom. The maximum absolute atomic E-state index is 3.87. The van der Waals surface area contributed by atoms with Gasteiger partial charge in [-0.1, -0.05) is 19.9 Å². The van der Waals surface area contributed by atoms with Crippen LogP contribution in [0.4, 0.5) is 0 Å². The third-order valence-corrected chi connectivity index (χ3v) is 3.55. The van der Waals surface area contributed by atoms with Gasteiger partial charge in [0.2, 0.25) is 0 Å². The number of nitrogens with one attached hydrogen (secondary N) is 1. The Morgan fingerprint density at radius 2 is 2.12 bits per heavy atom. The molecular formula is C14H28N2. The van der Waals surface area contributed by atoms with Crippen LogP contribution >= 0.6 is 0 Å². The summed E-state index contributed by atoms with van der Waals surface area (Å²) in [6.45, 7) is 13.0. The number of hydrogen-bond donors (Lipinski definition) is 1. The summed E-state index contributed by atoms with van der Waals surface area (Å²) in [6.07, 6.45) is 7.32. The zero-order chi connectivity index (χ0) is 11.8. The maximum atomic E-state index is 3.87. The Balaban J connectivity index is 2.29. The van der Waals surface area contributed by atoms with Crippen molar-refractivity contribution in [2.24, 2.45) is 5.92 Å². The highest BCUT2D eigenvalue weighted by Gasteiger charge is 2.33. The normalized spacial score (nSPS) is 24.4. The molecule has 1 saturated carbocycles. The van der Waals surface area contributed by atoms with Gasteiger partial charge in [0, 0.05) is 12.6 Å². The third-order valence-electron chi connectivity index (χ3n) is 3.55. The summed E-state index contributed by atoms with van der Waals surface area (Å²) >= 11 is 0. The number of rotatable bonds is 9. The molecule has 1 fully saturated rings. The van der Waals surface area contributed by atoms with Crippen molar-refractivity contribution in [3.8, 4) is 0 Å². The molecule has 0 spiro atoms. The summed E-state index contributed by atoms with van der Waals surface area (Å²) in [4.78, 5) is 2.61. The van der Waals surface area contributed by atoms with E-state index >= 15 is 0 Å². The van der Waals surface area contributed by atoms with Gasteiger partial charge in [-0.05, 0) is 51.2 Å². The molecule has 1 aliphatic carbocycles. The third kappa shape index (κ3) is 3.91. The summed E-state index contributed by atoms with van der Waals surface area (Å²) in [5.41, 5.74) is 0. The second-order valence-corrected chi connectivity index (χ2v) is 4.89. The molecule has 0 aromatic rings. The van der Waals surface area contributed by atoms with Gasteiger partial charge in [-0.2, -0.15) is 0 Å². The monoisotopic (exact) mass is 224 g/mol. The summed E-state index contributed by atoms with van der Waals surface area (Å²) < 4.78 is 0. The average molecular weight is 224 g/mol. The first-order chi connectivity index (χ1) is 7.83. The SMILES string of the molecule is C=CCN(CCC)C1CCC1CNCCC. The smallest absolute Gasteiger partial charge is 0.0163 e.